The Bertz CT molecular complexity index is 621. The third-order valence-corrected chi connectivity index (χ3v) is 4.34. The van der Waals surface area contributed by atoms with Gasteiger partial charge < -0.3 is 25.6 Å². The number of carbonyl (C=O) groups excluding carboxylic acids is 2. The van der Waals surface area contributed by atoms with Crippen LogP contribution in [0.5, 0.6) is 5.75 Å². The molecule has 1 atom stereocenters. The first-order valence-electron chi connectivity index (χ1n) is 8.62. The lowest BCUT2D eigenvalue weighted by Gasteiger charge is -2.32. The van der Waals surface area contributed by atoms with Gasteiger partial charge in [0.1, 0.15) is 5.75 Å². The molecule has 3 N–H and O–H groups in total. The van der Waals surface area contributed by atoms with Crippen LogP contribution in [-0.4, -0.2) is 68.0 Å². The predicted molar refractivity (Wildman–Crippen MR) is 112 cm³/mol. The Morgan fingerprint density at radius 2 is 1.85 bits per heavy atom. The second kappa shape index (κ2) is 12.0. The van der Waals surface area contributed by atoms with Crippen molar-refractivity contribution in [3.63, 3.8) is 0 Å². The molecule has 1 fully saturated rings. The van der Waals surface area contributed by atoms with Gasteiger partial charge in [0.05, 0.1) is 12.8 Å². The molecular formula is C18H30Cl2N4O3. The lowest BCUT2D eigenvalue weighted by atomic mass is 10.1. The first-order valence-corrected chi connectivity index (χ1v) is 8.62. The molecule has 1 unspecified atom stereocenters. The minimum absolute atomic E-state index is 0. The maximum absolute atomic E-state index is 12.7. The van der Waals surface area contributed by atoms with Gasteiger partial charge in [-0.05, 0) is 38.6 Å². The van der Waals surface area contributed by atoms with Gasteiger partial charge in [-0.3, -0.25) is 9.59 Å². The zero-order valence-corrected chi connectivity index (χ0v) is 17.7. The molecule has 0 aliphatic carbocycles. The van der Waals surface area contributed by atoms with E-state index >= 15 is 0 Å². The van der Waals surface area contributed by atoms with E-state index in [2.05, 4.69) is 10.2 Å². The zero-order valence-electron chi connectivity index (χ0n) is 16.1. The molecule has 1 aliphatic rings. The standard InChI is InChI=1S/C18H28N4O3.2ClH/c1-13(19)4-7-17(23)20-15-12-14(5-6-16(15)25-3)18(24)22-10-8-21(2)9-11-22;;/h5-6,12-13H,4,7-11,19H2,1-3H3,(H,20,23);2*1H. The molecule has 9 heteroatoms. The van der Waals surface area contributed by atoms with Crippen molar-refractivity contribution in [1.29, 1.82) is 0 Å². The van der Waals surface area contributed by atoms with Crippen LogP contribution < -0.4 is 15.8 Å². The summed E-state index contributed by atoms with van der Waals surface area (Å²) in [5.41, 5.74) is 6.75. The minimum Gasteiger partial charge on any atom is -0.495 e. The van der Waals surface area contributed by atoms with Crippen LogP contribution in [0.15, 0.2) is 18.2 Å². The van der Waals surface area contributed by atoms with Crippen molar-refractivity contribution in [3.8, 4) is 5.75 Å². The molecule has 154 valence electrons. The van der Waals surface area contributed by atoms with Crippen LogP contribution in [0, 0.1) is 0 Å². The monoisotopic (exact) mass is 420 g/mol. The van der Waals surface area contributed by atoms with Crippen LogP contribution >= 0.6 is 24.8 Å². The number of nitrogens with zero attached hydrogens (tertiary/aromatic N) is 2. The van der Waals surface area contributed by atoms with E-state index < -0.39 is 0 Å². The summed E-state index contributed by atoms with van der Waals surface area (Å²) < 4.78 is 5.30. The summed E-state index contributed by atoms with van der Waals surface area (Å²) in [5, 5.41) is 2.82. The molecule has 0 spiro atoms. The Kier molecular flexibility index (Phi) is 11.3. The van der Waals surface area contributed by atoms with Crippen molar-refractivity contribution >= 4 is 42.3 Å². The Morgan fingerprint density at radius 3 is 2.41 bits per heavy atom. The lowest BCUT2D eigenvalue weighted by Crippen LogP contribution is -2.47. The fraction of sp³-hybridized carbons (Fsp3) is 0.556. The number of amides is 2. The molecule has 0 saturated carbocycles. The van der Waals surface area contributed by atoms with Crippen LogP contribution in [0.4, 0.5) is 5.69 Å². The molecule has 1 saturated heterocycles. The fourth-order valence-electron chi connectivity index (χ4n) is 2.70. The van der Waals surface area contributed by atoms with Gasteiger partial charge in [-0.1, -0.05) is 0 Å². The number of nitrogens with two attached hydrogens (primary N) is 1. The van der Waals surface area contributed by atoms with Crippen molar-refractivity contribution in [2.75, 3.05) is 45.7 Å². The number of carbonyl (C=O) groups is 2. The molecule has 1 heterocycles. The fourth-order valence-corrected chi connectivity index (χ4v) is 2.70. The molecule has 1 aromatic carbocycles. The quantitative estimate of drug-likeness (QED) is 0.734. The van der Waals surface area contributed by atoms with E-state index in [1.807, 2.05) is 18.9 Å². The highest BCUT2D eigenvalue weighted by atomic mass is 35.5. The largest absolute Gasteiger partial charge is 0.495 e. The number of hydrogen-bond acceptors (Lipinski definition) is 5. The normalized spacial score (nSPS) is 15.2. The highest BCUT2D eigenvalue weighted by Gasteiger charge is 2.21. The second-order valence-corrected chi connectivity index (χ2v) is 6.57. The summed E-state index contributed by atoms with van der Waals surface area (Å²) in [7, 11) is 3.58. The number of likely N-dealkylation sites (N-methyl/N-ethyl adjacent to an activating group) is 1. The van der Waals surface area contributed by atoms with Gasteiger partial charge >= 0.3 is 0 Å². The van der Waals surface area contributed by atoms with E-state index in [1.165, 1.54) is 7.11 Å². The van der Waals surface area contributed by atoms with Crippen LogP contribution in [0.3, 0.4) is 0 Å². The van der Waals surface area contributed by atoms with Crippen LogP contribution in [0.1, 0.15) is 30.1 Å². The topological polar surface area (TPSA) is 87.9 Å². The lowest BCUT2D eigenvalue weighted by molar-refractivity contribution is -0.116. The average molecular weight is 421 g/mol. The molecule has 0 bridgehead atoms. The third-order valence-electron chi connectivity index (χ3n) is 4.34. The SMILES string of the molecule is COc1ccc(C(=O)N2CCN(C)CC2)cc1NC(=O)CCC(C)N.Cl.Cl. The van der Waals surface area contributed by atoms with Crippen molar-refractivity contribution in [3.05, 3.63) is 23.8 Å². The van der Waals surface area contributed by atoms with E-state index in [-0.39, 0.29) is 42.7 Å². The number of ether oxygens (including phenoxy) is 1. The highest BCUT2D eigenvalue weighted by molar-refractivity contribution is 5.98. The Balaban J connectivity index is 0.00000338. The first kappa shape index (κ1) is 25.5. The third kappa shape index (κ3) is 7.54. The number of halogens is 2. The molecule has 2 rings (SSSR count). The van der Waals surface area contributed by atoms with E-state index in [1.54, 1.807) is 18.2 Å². The summed E-state index contributed by atoms with van der Waals surface area (Å²) in [5.74, 6) is 0.366. The number of benzene rings is 1. The van der Waals surface area contributed by atoms with Crippen molar-refractivity contribution < 1.29 is 14.3 Å². The molecular weight excluding hydrogens is 391 g/mol. The second-order valence-electron chi connectivity index (χ2n) is 6.57. The molecule has 0 radical (unpaired) electrons. The molecule has 2 amide bonds. The number of rotatable bonds is 6. The number of nitrogens with one attached hydrogen (secondary N) is 1. The molecule has 1 aromatic rings. The molecule has 27 heavy (non-hydrogen) atoms. The molecule has 0 aromatic heterocycles. The van der Waals surface area contributed by atoms with E-state index in [9.17, 15) is 9.59 Å². The highest BCUT2D eigenvalue weighted by Crippen LogP contribution is 2.26. The van der Waals surface area contributed by atoms with Gasteiger partial charge in [-0.2, -0.15) is 0 Å². The maximum Gasteiger partial charge on any atom is 0.254 e. The molecule has 7 nitrogen and oxygen atoms in total. The van der Waals surface area contributed by atoms with E-state index in [4.69, 9.17) is 10.5 Å². The van der Waals surface area contributed by atoms with Gasteiger partial charge in [0.25, 0.3) is 5.91 Å². The number of anilines is 1. The average Bonchev–Trinajstić information content (AvgIpc) is 2.60. The zero-order chi connectivity index (χ0) is 18.4. The maximum atomic E-state index is 12.7. The number of methoxy groups -OCH3 is 1. The van der Waals surface area contributed by atoms with Crippen LogP contribution in [0.2, 0.25) is 0 Å². The van der Waals surface area contributed by atoms with Crippen LogP contribution in [0.25, 0.3) is 0 Å². The summed E-state index contributed by atoms with van der Waals surface area (Å²) in [6, 6.07) is 5.10. The van der Waals surface area contributed by atoms with Gasteiger partial charge in [-0.25, -0.2) is 0 Å². The summed E-state index contributed by atoms with van der Waals surface area (Å²) >= 11 is 0. The Labute approximate surface area is 173 Å². The summed E-state index contributed by atoms with van der Waals surface area (Å²) in [4.78, 5) is 28.8. The molecule has 1 aliphatic heterocycles. The smallest absolute Gasteiger partial charge is 0.254 e. The van der Waals surface area contributed by atoms with Gasteiger partial charge in [0.15, 0.2) is 0 Å². The van der Waals surface area contributed by atoms with Gasteiger partial charge in [-0.15, -0.1) is 24.8 Å². The Morgan fingerprint density at radius 1 is 1.22 bits per heavy atom. The number of piperazine rings is 1. The predicted octanol–water partition coefficient (Wildman–Crippen LogP) is 1.99. The summed E-state index contributed by atoms with van der Waals surface area (Å²) in [6.45, 7) is 5.00. The van der Waals surface area contributed by atoms with Crippen LogP contribution in [-0.2, 0) is 4.79 Å². The Hall–Kier alpha value is -1.54. The first-order chi connectivity index (χ1) is 11.9. The van der Waals surface area contributed by atoms with Crippen molar-refractivity contribution in [1.82, 2.24) is 9.80 Å². The van der Waals surface area contributed by atoms with Crippen molar-refractivity contribution in [2.45, 2.75) is 25.8 Å². The number of hydrogen-bond donors (Lipinski definition) is 2. The van der Waals surface area contributed by atoms with Crippen molar-refractivity contribution in [2.24, 2.45) is 5.73 Å². The van der Waals surface area contributed by atoms with Gasteiger partial charge in [0, 0.05) is 44.2 Å². The summed E-state index contributed by atoms with van der Waals surface area (Å²) in [6.07, 6.45) is 0.936. The minimum atomic E-state index is -0.139. The van der Waals surface area contributed by atoms with E-state index in [0.29, 0.717) is 42.9 Å². The van der Waals surface area contributed by atoms with E-state index in [0.717, 1.165) is 13.1 Å². The van der Waals surface area contributed by atoms with Gasteiger partial charge in [0.2, 0.25) is 5.91 Å².